The largest absolute Gasteiger partial charge is 0.507 e. The monoisotopic (exact) mass is 527 g/mol. The lowest BCUT2D eigenvalue weighted by atomic mass is 9.95. The number of benzene rings is 2. The number of carbonyl (C=O) groups is 2. The maximum Gasteiger partial charge on any atom is 0.301 e. The quantitative estimate of drug-likeness (QED) is 0.165. The summed E-state index contributed by atoms with van der Waals surface area (Å²) in [4.78, 5) is 27.8. The summed E-state index contributed by atoms with van der Waals surface area (Å²) >= 11 is 7.18. The van der Waals surface area contributed by atoms with E-state index in [9.17, 15) is 14.7 Å². The smallest absolute Gasteiger partial charge is 0.301 e. The Balaban J connectivity index is 1.88. The molecule has 4 rings (SSSR count). The molecule has 1 aliphatic rings. The van der Waals surface area contributed by atoms with E-state index in [1.54, 1.807) is 49.4 Å². The molecule has 0 bridgehead atoms. The van der Waals surface area contributed by atoms with Crippen LogP contribution >= 0.6 is 22.9 Å². The first-order valence-electron chi connectivity index (χ1n) is 11.6. The second-order valence-electron chi connectivity index (χ2n) is 8.12. The van der Waals surface area contributed by atoms with Crippen LogP contribution in [0, 0.1) is 6.92 Å². The van der Waals surface area contributed by atoms with Crippen LogP contribution in [0.3, 0.4) is 0 Å². The molecule has 188 valence electrons. The molecule has 1 aromatic heterocycles. The molecule has 0 saturated carbocycles. The molecule has 10 heteroatoms. The number of aryl methyl sites for hydroxylation is 1. The van der Waals surface area contributed by atoms with Crippen molar-refractivity contribution in [3.8, 4) is 11.5 Å². The van der Waals surface area contributed by atoms with E-state index in [2.05, 4.69) is 17.1 Å². The number of halogens is 1. The van der Waals surface area contributed by atoms with E-state index < -0.39 is 17.7 Å². The third-order valence-corrected chi connectivity index (χ3v) is 6.71. The number of hydrogen-bond donors (Lipinski definition) is 1. The predicted molar refractivity (Wildman–Crippen MR) is 139 cm³/mol. The van der Waals surface area contributed by atoms with Crippen molar-refractivity contribution in [1.82, 2.24) is 10.2 Å². The highest BCUT2D eigenvalue weighted by Crippen LogP contribution is 2.44. The van der Waals surface area contributed by atoms with Gasteiger partial charge in [-0.2, -0.15) is 0 Å². The highest BCUT2D eigenvalue weighted by molar-refractivity contribution is 7.15. The lowest BCUT2D eigenvalue weighted by Gasteiger charge is -2.23. The summed E-state index contributed by atoms with van der Waals surface area (Å²) in [6.07, 6.45) is 1.88. The Morgan fingerprint density at radius 3 is 2.47 bits per heavy atom. The number of Topliss-reactive ketones (excluding diaryl/α,β-unsaturated/α-hetero) is 1. The number of hydrogen-bond acceptors (Lipinski definition) is 8. The van der Waals surface area contributed by atoms with Gasteiger partial charge in [0, 0.05) is 10.6 Å². The Kier molecular flexibility index (Phi) is 7.91. The van der Waals surface area contributed by atoms with Crippen molar-refractivity contribution in [2.24, 2.45) is 0 Å². The molecular weight excluding hydrogens is 502 g/mol. The fourth-order valence-electron chi connectivity index (χ4n) is 3.90. The second kappa shape index (κ2) is 11.1. The van der Waals surface area contributed by atoms with Gasteiger partial charge in [-0.3, -0.25) is 14.5 Å². The van der Waals surface area contributed by atoms with Gasteiger partial charge in [0.2, 0.25) is 5.13 Å². The van der Waals surface area contributed by atoms with Crippen LogP contribution in [-0.4, -0.2) is 40.2 Å². The summed E-state index contributed by atoms with van der Waals surface area (Å²) in [6.45, 7) is 6.63. The molecule has 1 amide bonds. The minimum Gasteiger partial charge on any atom is -0.507 e. The van der Waals surface area contributed by atoms with Crippen molar-refractivity contribution >= 4 is 45.5 Å². The van der Waals surface area contributed by atoms with E-state index >= 15 is 0 Å². The summed E-state index contributed by atoms with van der Waals surface area (Å²) in [5.41, 5.74) is 0.863. The Morgan fingerprint density at radius 1 is 1.08 bits per heavy atom. The average molecular weight is 528 g/mol. The van der Waals surface area contributed by atoms with Gasteiger partial charge in [0.1, 0.15) is 10.8 Å². The van der Waals surface area contributed by atoms with E-state index in [4.69, 9.17) is 21.1 Å². The van der Waals surface area contributed by atoms with E-state index in [-0.39, 0.29) is 16.5 Å². The maximum absolute atomic E-state index is 13.3. The number of aromatic nitrogens is 2. The number of rotatable bonds is 9. The second-order valence-corrected chi connectivity index (χ2v) is 9.72. The third-order valence-electron chi connectivity index (χ3n) is 5.62. The van der Waals surface area contributed by atoms with Crippen molar-refractivity contribution in [2.45, 2.75) is 39.7 Å². The van der Waals surface area contributed by atoms with Crippen LogP contribution in [0.4, 0.5) is 5.13 Å². The zero-order chi connectivity index (χ0) is 25.8. The van der Waals surface area contributed by atoms with Gasteiger partial charge in [-0.05, 0) is 62.2 Å². The predicted octanol–water partition coefficient (Wildman–Crippen LogP) is 5.70. The van der Waals surface area contributed by atoms with Crippen LogP contribution in [0.25, 0.3) is 5.76 Å². The minimum atomic E-state index is -0.947. The number of amides is 1. The SMILES string of the molecule is CCCCOc1ccc(C2C(=C(O)c3ccc(Cl)cc3)C(=O)C(=O)N2c2nnc(C)s2)cc1OCC. The molecular formula is C26H26ClN3O5S. The van der Waals surface area contributed by atoms with Gasteiger partial charge in [0.25, 0.3) is 5.78 Å². The Morgan fingerprint density at radius 2 is 1.83 bits per heavy atom. The first-order chi connectivity index (χ1) is 17.3. The van der Waals surface area contributed by atoms with Gasteiger partial charge in [-0.1, -0.05) is 42.3 Å². The highest BCUT2D eigenvalue weighted by atomic mass is 35.5. The molecule has 1 atom stereocenters. The molecule has 8 nitrogen and oxygen atoms in total. The fourth-order valence-corrected chi connectivity index (χ4v) is 4.74. The number of anilines is 1. The average Bonchev–Trinajstić information content (AvgIpc) is 3.40. The number of aliphatic hydroxyl groups is 1. The van der Waals surface area contributed by atoms with Crippen molar-refractivity contribution in [2.75, 3.05) is 18.1 Å². The first kappa shape index (κ1) is 25.7. The molecule has 1 aliphatic heterocycles. The normalized spacial score (nSPS) is 17.0. The molecule has 0 aliphatic carbocycles. The van der Waals surface area contributed by atoms with Crippen LogP contribution in [0.15, 0.2) is 48.0 Å². The van der Waals surface area contributed by atoms with Gasteiger partial charge in [0.05, 0.1) is 24.8 Å². The van der Waals surface area contributed by atoms with Gasteiger partial charge in [0.15, 0.2) is 11.5 Å². The van der Waals surface area contributed by atoms with E-state index in [0.29, 0.717) is 45.9 Å². The lowest BCUT2D eigenvalue weighted by molar-refractivity contribution is -0.132. The van der Waals surface area contributed by atoms with Gasteiger partial charge >= 0.3 is 5.91 Å². The Labute approximate surface area is 218 Å². The summed E-state index contributed by atoms with van der Waals surface area (Å²) in [6, 6.07) is 10.7. The molecule has 1 fully saturated rings. The van der Waals surface area contributed by atoms with E-state index in [1.807, 2.05) is 6.92 Å². The summed E-state index contributed by atoms with van der Waals surface area (Å²) < 4.78 is 11.7. The number of ether oxygens (including phenoxy) is 2. The molecule has 1 unspecified atom stereocenters. The van der Waals surface area contributed by atoms with Crippen LogP contribution < -0.4 is 14.4 Å². The van der Waals surface area contributed by atoms with Gasteiger partial charge < -0.3 is 14.6 Å². The fraction of sp³-hybridized carbons (Fsp3) is 0.308. The maximum atomic E-state index is 13.3. The zero-order valence-corrected chi connectivity index (χ0v) is 21.7. The highest BCUT2D eigenvalue weighted by Gasteiger charge is 2.48. The number of nitrogens with zero attached hydrogens (tertiary/aromatic N) is 3. The molecule has 0 radical (unpaired) electrons. The number of carbonyl (C=O) groups excluding carboxylic acids is 2. The number of unbranched alkanes of at least 4 members (excludes halogenated alkanes) is 1. The molecule has 0 spiro atoms. The van der Waals surface area contributed by atoms with Crippen molar-refractivity contribution in [1.29, 1.82) is 0 Å². The number of aliphatic hydroxyl groups excluding tert-OH is 1. The summed E-state index contributed by atoms with van der Waals surface area (Å²) in [7, 11) is 0. The van der Waals surface area contributed by atoms with Crippen LogP contribution in [-0.2, 0) is 9.59 Å². The molecule has 2 heterocycles. The van der Waals surface area contributed by atoms with Gasteiger partial charge in [-0.15, -0.1) is 10.2 Å². The van der Waals surface area contributed by atoms with Crippen LogP contribution in [0.5, 0.6) is 11.5 Å². The Hall–Kier alpha value is -3.43. The molecule has 1 saturated heterocycles. The van der Waals surface area contributed by atoms with Crippen molar-refractivity contribution in [3.63, 3.8) is 0 Å². The molecule has 2 aromatic carbocycles. The topological polar surface area (TPSA) is 102 Å². The summed E-state index contributed by atoms with van der Waals surface area (Å²) in [5, 5.41) is 20.7. The minimum absolute atomic E-state index is 0.0581. The Bertz CT molecular complexity index is 1310. The van der Waals surface area contributed by atoms with Crippen LogP contribution in [0.2, 0.25) is 5.02 Å². The lowest BCUT2D eigenvalue weighted by Crippen LogP contribution is -2.29. The molecule has 3 aromatic rings. The van der Waals surface area contributed by atoms with Crippen molar-refractivity contribution < 1.29 is 24.2 Å². The molecule has 1 N–H and O–H groups in total. The molecule has 36 heavy (non-hydrogen) atoms. The van der Waals surface area contributed by atoms with E-state index in [0.717, 1.165) is 12.8 Å². The number of ketones is 1. The van der Waals surface area contributed by atoms with Gasteiger partial charge in [-0.25, -0.2) is 0 Å². The third kappa shape index (κ3) is 5.08. The summed E-state index contributed by atoms with van der Waals surface area (Å²) in [5.74, 6) is -0.874. The van der Waals surface area contributed by atoms with Crippen molar-refractivity contribution in [3.05, 3.63) is 69.2 Å². The zero-order valence-electron chi connectivity index (χ0n) is 20.2. The first-order valence-corrected chi connectivity index (χ1v) is 12.8. The standard InChI is InChI=1S/C26H26ClN3O5S/c1-4-6-13-35-19-12-9-17(14-20(19)34-5-2)22-21(23(31)16-7-10-18(27)11-8-16)24(32)25(33)30(22)26-29-28-15(3)36-26/h7-12,14,22,31H,4-6,13H2,1-3H3. The van der Waals surface area contributed by atoms with Crippen LogP contribution in [0.1, 0.15) is 48.9 Å². The van der Waals surface area contributed by atoms with E-state index in [1.165, 1.54) is 16.2 Å².